The summed E-state index contributed by atoms with van der Waals surface area (Å²) in [4.78, 5) is 0. The second kappa shape index (κ2) is 9.88. The first-order chi connectivity index (χ1) is 15.1. The van der Waals surface area contributed by atoms with Crippen LogP contribution in [0.4, 0.5) is 0 Å². The number of hydrogen-bond acceptors (Lipinski definition) is 1. The van der Waals surface area contributed by atoms with E-state index in [-0.39, 0.29) is 10.3 Å². The zero-order valence-electron chi connectivity index (χ0n) is 17.6. The summed E-state index contributed by atoms with van der Waals surface area (Å²) in [5.41, 5.74) is 5.14. The molecule has 1 N–H and O–H groups in total. The smallest absolute Gasteiger partial charge is 0.0467 e. The van der Waals surface area contributed by atoms with Gasteiger partial charge >= 0.3 is 0 Å². The van der Waals surface area contributed by atoms with Crippen molar-refractivity contribution >= 4 is 18.5 Å². The van der Waals surface area contributed by atoms with Crippen LogP contribution in [0, 0.1) is 0 Å². The molecule has 2 unspecified atom stereocenters. The Kier molecular flexibility index (Phi) is 6.99. The van der Waals surface area contributed by atoms with Crippen molar-refractivity contribution in [3.05, 3.63) is 144 Å². The van der Waals surface area contributed by atoms with Gasteiger partial charge in [-0.05, 0) is 22.3 Å². The molecule has 0 aliphatic rings. The highest BCUT2D eigenvalue weighted by atomic mass is 31.0. The highest BCUT2D eigenvalue weighted by Gasteiger charge is 2.32. The lowest BCUT2D eigenvalue weighted by molar-refractivity contribution is 0.556. The molecular formula is C28H29NP2. The SMILES string of the molecule is PC(CNCC(P)(c1ccccc1)c1ccccc1)(c1ccccc1)c1ccccc1. The van der Waals surface area contributed by atoms with Crippen LogP contribution in [-0.2, 0) is 10.3 Å². The monoisotopic (exact) mass is 441 g/mol. The lowest BCUT2D eigenvalue weighted by atomic mass is 9.88. The van der Waals surface area contributed by atoms with Crippen LogP contribution in [0.1, 0.15) is 22.3 Å². The molecule has 0 saturated heterocycles. The van der Waals surface area contributed by atoms with E-state index in [2.05, 4.69) is 145 Å². The number of rotatable bonds is 8. The first-order valence-corrected chi connectivity index (χ1v) is 11.8. The molecule has 156 valence electrons. The molecule has 31 heavy (non-hydrogen) atoms. The minimum atomic E-state index is -0.207. The van der Waals surface area contributed by atoms with E-state index in [0.717, 1.165) is 13.1 Å². The van der Waals surface area contributed by atoms with Gasteiger partial charge < -0.3 is 5.32 Å². The van der Waals surface area contributed by atoms with Crippen molar-refractivity contribution in [2.75, 3.05) is 13.1 Å². The average Bonchev–Trinajstić information content (AvgIpc) is 2.86. The molecule has 0 fully saturated rings. The highest BCUT2D eigenvalue weighted by Crippen LogP contribution is 2.41. The van der Waals surface area contributed by atoms with E-state index < -0.39 is 0 Å². The van der Waals surface area contributed by atoms with Gasteiger partial charge in [-0.1, -0.05) is 121 Å². The van der Waals surface area contributed by atoms with E-state index in [9.17, 15) is 0 Å². The molecule has 0 aliphatic carbocycles. The fraction of sp³-hybridized carbons (Fsp3) is 0.143. The number of benzene rings is 4. The molecule has 1 nitrogen and oxygen atoms in total. The topological polar surface area (TPSA) is 12.0 Å². The van der Waals surface area contributed by atoms with Crippen LogP contribution >= 0.6 is 18.5 Å². The van der Waals surface area contributed by atoms with Crippen molar-refractivity contribution in [3.8, 4) is 0 Å². The van der Waals surface area contributed by atoms with E-state index in [1.54, 1.807) is 0 Å². The van der Waals surface area contributed by atoms with Gasteiger partial charge in [0.05, 0.1) is 0 Å². The molecule has 4 rings (SSSR count). The van der Waals surface area contributed by atoms with Gasteiger partial charge in [0.1, 0.15) is 0 Å². The van der Waals surface area contributed by atoms with Gasteiger partial charge in [-0.2, -0.15) is 0 Å². The number of nitrogens with one attached hydrogen (secondary N) is 1. The van der Waals surface area contributed by atoms with Gasteiger partial charge in [0.15, 0.2) is 0 Å². The second-order valence-electron chi connectivity index (χ2n) is 8.01. The third-order valence-corrected chi connectivity index (χ3v) is 7.70. The van der Waals surface area contributed by atoms with Crippen LogP contribution in [0.3, 0.4) is 0 Å². The van der Waals surface area contributed by atoms with E-state index in [4.69, 9.17) is 0 Å². The Morgan fingerprint density at radius 2 is 0.645 bits per heavy atom. The molecule has 3 heteroatoms. The summed E-state index contributed by atoms with van der Waals surface area (Å²) in [6.45, 7) is 1.61. The third-order valence-electron chi connectivity index (χ3n) is 5.96. The maximum Gasteiger partial charge on any atom is 0.0467 e. The lowest BCUT2D eigenvalue weighted by Gasteiger charge is -2.35. The fourth-order valence-corrected chi connectivity index (χ4v) is 5.20. The van der Waals surface area contributed by atoms with E-state index in [1.165, 1.54) is 22.3 Å². The summed E-state index contributed by atoms with van der Waals surface area (Å²) in [5, 5.41) is 3.41. The summed E-state index contributed by atoms with van der Waals surface area (Å²) in [7, 11) is 6.25. The van der Waals surface area contributed by atoms with Crippen molar-refractivity contribution in [1.82, 2.24) is 5.32 Å². The summed E-state index contributed by atoms with van der Waals surface area (Å²) < 4.78 is 0. The molecule has 0 radical (unpaired) electrons. The summed E-state index contributed by atoms with van der Waals surface area (Å²) in [6.07, 6.45) is 0. The summed E-state index contributed by atoms with van der Waals surface area (Å²) in [6, 6.07) is 42.9. The maximum atomic E-state index is 3.82. The predicted octanol–water partition coefficient (Wildman–Crippen LogP) is 6.21. The van der Waals surface area contributed by atoms with Crippen molar-refractivity contribution < 1.29 is 0 Å². The molecule has 0 amide bonds. The Balaban J connectivity index is 1.64. The van der Waals surface area contributed by atoms with Crippen LogP contribution < -0.4 is 5.32 Å². The zero-order valence-corrected chi connectivity index (χ0v) is 19.9. The van der Waals surface area contributed by atoms with Crippen LogP contribution in [0.2, 0.25) is 0 Å². The van der Waals surface area contributed by atoms with E-state index in [0.29, 0.717) is 0 Å². The minimum absolute atomic E-state index is 0.207. The Morgan fingerprint density at radius 1 is 0.419 bits per heavy atom. The van der Waals surface area contributed by atoms with Gasteiger partial charge in [-0.25, -0.2) is 0 Å². The first-order valence-electron chi connectivity index (χ1n) is 10.6. The van der Waals surface area contributed by atoms with Crippen molar-refractivity contribution in [2.45, 2.75) is 10.3 Å². The predicted molar refractivity (Wildman–Crippen MR) is 140 cm³/mol. The summed E-state index contributed by atoms with van der Waals surface area (Å²) in [5.74, 6) is 0. The lowest BCUT2D eigenvalue weighted by Crippen LogP contribution is -2.41. The van der Waals surface area contributed by atoms with Gasteiger partial charge in [0.2, 0.25) is 0 Å². The molecule has 0 saturated carbocycles. The quantitative estimate of drug-likeness (QED) is 0.321. The van der Waals surface area contributed by atoms with Crippen molar-refractivity contribution in [1.29, 1.82) is 0 Å². The van der Waals surface area contributed by atoms with Crippen LogP contribution in [0.25, 0.3) is 0 Å². The zero-order chi connectivity index (χ0) is 21.6. The normalized spacial score (nSPS) is 11.9. The van der Waals surface area contributed by atoms with Gasteiger partial charge in [-0.3, -0.25) is 0 Å². The number of hydrogen-bond donors (Lipinski definition) is 1. The van der Waals surface area contributed by atoms with Gasteiger partial charge in [-0.15, -0.1) is 18.5 Å². The molecule has 0 spiro atoms. The van der Waals surface area contributed by atoms with Gasteiger partial charge in [0.25, 0.3) is 0 Å². The minimum Gasteiger partial charge on any atom is -0.314 e. The van der Waals surface area contributed by atoms with E-state index in [1.807, 2.05) is 0 Å². The summed E-state index contributed by atoms with van der Waals surface area (Å²) >= 11 is 0. The van der Waals surface area contributed by atoms with Crippen molar-refractivity contribution in [2.24, 2.45) is 0 Å². The highest BCUT2D eigenvalue weighted by molar-refractivity contribution is 7.19. The Labute approximate surface area is 190 Å². The molecule has 2 atom stereocenters. The molecule has 0 bridgehead atoms. The standard InChI is InChI=1S/C28H29NP2/c30-27(23-13-5-1-6-14-23,24-15-7-2-8-16-24)21-29-22-28(31,25-17-9-3-10-18-25)26-19-11-4-12-20-26/h1-20,29H,21-22,30-31H2. The van der Waals surface area contributed by atoms with Crippen LogP contribution in [-0.4, -0.2) is 13.1 Å². The van der Waals surface area contributed by atoms with Gasteiger partial charge in [0, 0.05) is 23.4 Å². The fourth-order valence-electron chi connectivity index (χ4n) is 4.14. The molecule has 0 aromatic heterocycles. The Morgan fingerprint density at radius 3 is 0.871 bits per heavy atom. The third kappa shape index (κ3) is 4.81. The molecule has 4 aromatic rings. The second-order valence-corrected chi connectivity index (χ2v) is 9.98. The maximum absolute atomic E-state index is 3.82. The Hall–Kier alpha value is -2.30. The average molecular weight is 441 g/mol. The molecule has 0 aliphatic heterocycles. The van der Waals surface area contributed by atoms with Crippen molar-refractivity contribution in [3.63, 3.8) is 0 Å². The largest absolute Gasteiger partial charge is 0.314 e. The Bertz CT molecular complexity index is 899. The van der Waals surface area contributed by atoms with Crippen LogP contribution in [0.5, 0.6) is 0 Å². The molecule has 0 heterocycles. The van der Waals surface area contributed by atoms with Crippen LogP contribution in [0.15, 0.2) is 121 Å². The first kappa shape index (κ1) is 21.9. The van der Waals surface area contributed by atoms with E-state index >= 15 is 0 Å². The molecular weight excluding hydrogens is 412 g/mol. The molecule has 4 aromatic carbocycles.